The summed E-state index contributed by atoms with van der Waals surface area (Å²) >= 11 is 1.71. The molecule has 1 aliphatic heterocycles. The Balaban J connectivity index is 2.22. The highest BCUT2D eigenvalue weighted by molar-refractivity contribution is 7.98. The molecule has 1 saturated heterocycles. The minimum absolute atomic E-state index is 0.177. The lowest BCUT2D eigenvalue weighted by Crippen LogP contribution is -2.54. The molecule has 1 aliphatic rings. The van der Waals surface area contributed by atoms with E-state index in [1.54, 1.807) is 11.8 Å². The SMILES string of the molecule is CSCCC(=O)NCC1CN(C)CCN1C. The highest BCUT2D eigenvalue weighted by Gasteiger charge is 2.22. The molecule has 0 aromatic rings. The summed E-state index contributed by atoms with van der Waals surface area (Å²) in [5, 5.41) is 3.02. The van der Waals surface area contributed by atoms with Crippen LogP contribution in [0, 0.1) is 0 Å². The summed E-state index contributed by atoms with van der Waals surface area (Å²) in [4.78, 5) is 16.1. The van der Waals surface area contributed by atoms with Gasteiger partial charge in [0.1, 0.15) is 0 Å². The van der Waals surface area contributed by atoms with Crippen molar-refractivity contribution in [2.45, 2.75) is 12.5 Å². The number of nitrogens with one attached hydrogen (secondary N) is 1. The maximum atomic E-state index is 11.5. The van der Waals surface area contributed by atoms with Gasteiger partial charge in [0.25, 0.3) is 0 Å². The van der Waals surface area contributed by atoms with Crippen molar-refractivity contribution in [3.8, 4) is 0 Å². The first-order valence-electron chi connectivity index (χ1n) is 5.78. The first-order valence-corrected chi connectivity index (χ1v) is 7.17. The van der Waals surface area contributed by atoms with E-state index in [4.69, 9.17) is 0 Å². The van der Waals surface area contributed by atoms with Gasteiger partial charge in [-0.3, -0.25) is 9.69 Å². The van der Waals surface area contributed by atoms with Crippen LogP contribution in [0.25, 0.3) is 0 Å². The second kappa shape index (κ2) is 7.14. The van der Waals surface area contributed by atoms with Crippen LogP contribution in [0.3, 0.4) is 0 Å². The average molecular weight is 245 g/mol. The van der Waals surface area contributed by atoms with E-state index in [0.29, 0.717) is 12.5 Å². The zero-order valence-corrected chi connectivity index (χ0v) is 11.3. The minimum Gasteiger partial charge on any atom is -0.354 e. The van der Waals surface area contributed by atoms with Gasteiger partial charge >= 0.3 is 0 Å². The summed E-state index contributed by atoms with van der Waals surface area (Å²) in [7, 11) is 4.27. The summed E-state index contributed by atoms with van der Waals surface area (Å²) in [6, 6.07) is 0.456. The van der Waals surface area contributed by atoms with Crippen molar-refractivity contribution >= 4 is 17.7 Å². The van der Waals surface area contributed by atoms with Crippen LogP contribution in [0.4, 0.5) is 0 Å². The first kappa shape index (κ1) is 13.8. The number of nitrogens with zero attached hydrogens (tertiary/aromatic N) is 2. The van der Waals surface area contributed by atoms with Gasteiger partial charge < -0.3 is 10.2 Å². The average Bonchev–Trinajstić information content (AvgIpc) is 2.27. The lowest BCUT2D eigenvalue weighted by Gasteiger charge is -2.37. The molecule has 1 amide bonds. The van der Waals surface area contributed by atoms with Crippen LogP contribution in [0.2, 0.25) is 0 Å². The van der Waals surface area contributed by atoms with Crippen LogP contribution < -0.4 is 5.32 Å². The molecule has 1 fully saturated rings. The summed E-state index contributed by atoms with van der Waals surface area (Å²) < 4.78 is 0. The fraction of sp³-hybridized carbons (Fsp3) is 0.909. The van der Waals surface area contributed by atoms with Crippen LogP contribution in [-0.4, -0.2) is 74.0 Å². The van der Waals surface area contributed by atoms with E-state index in [9.17, 15) is 4.79 Å². The molecule has 94 valence electrons. The van der Waals surface area contributed by atoms with Gasteiger partial charge in [0.2, 0.25) is 5.91 Å². The van der Waals surface area contributed by atoms with Gasteiger partial charge in [-0.2, -0.15) is 11.8 Å². The number of thioether (sulfide) groups is 1. The summed E-state index contributed by atoms with van der Waals surface area (Å²) in [6.07, 6.45) is 2.66. The van der Waals surface area contributed by atoms with Crippen molar-refractivity contribution in [1.29, 1.82) is 0 Å². The lowest BCUT2D eigenvalue weighted by molar-refractivity contribution is -0.121. The highest BCUT2D eigenvalue weighted by Crippen LogP contribution is 2.04. The zero-order valence-electron chi connectivity index (χ0n) is 10.5. The van der Waals surface area contributed by atoms with Crippen molar-refractivity contribution in [2.24, 2.45) is 0 Å². The van der Waals surface area contributed by atoms with Crippen LogP contribution >= 0.6 is 11.8 Å². The van der Waals surface area contributed by atoms with Crippen LogP contribution in [0.1, 0.15) is 6.42 Å². The summed E-state index contributed by atoms with van der Waals surface area (Å²) in [5.74, 6) is 1.09. The molecule has 1 rings (SSSR count). The Kier molecular flexibility index (Phi) is 6.16. The van der Waals surface area contributed by atoms with Crippen LogP contribution in [0.5, 0.6) is 0 Å². The maximum Gasteiger partial charge on any atom is 0.220 e. The van der Waals surface area contributed by atoms with E-state index in [0.717, 1.165) is 31.9 Å². The predicted octanol–water partition coefficient (Wildman–Crippen LogP) is 0.102. The topological polar surface area (TPSA) is 35.6 Å². The smallest absolute Gasteiger partial charge is 0.220 e. The third kappa shape index (κ3) is 4.72. The van der Waals surface area contributed by atoms with E-state index < -0.39 is 0 Å². The molecule has 0 bridgehead atoms. The largest absolute Gasteiger partial charge is 0.354 e. The molecule has 4 nitrogen and oxygen atoms in total. The number of carbonyl (C=O) groups excluding carboxylic acids is 1. The van der Waals surface area contributed by atoms with Gasteiger partial charge in [-0.25, -0.2) is 0 Å². The third-order valence-corrected chi connectivity index (χ3v) is 3.66. The number of hydrogen-bond acceptors (Lipinski definition) is 4. The van der Waals surface area contributed by atoms with E-state index in [-0.39, 0.29) is 5.91 Å². The molecule has 1 atom stereocenters. The summed E-state index contributed by atoms with van der Waals surface area (Å²) in [6.45, 7) is 4.02. The Morgan fingerprint density at radius 1 is 1.44 bits per heavy atom. The third-order valence-electron chi connectivity index (χ3n) is 3.05. The number of rotatable bonds is 5. The number of amides is 1. The molecule has 1 unspecified atom stereocenters. The molecule has 0 aromatic carbocycles. The molecule has 0 saturated carbocycles. The van der Waals surface area contributed by atoms with Crippen molar-refractivity contribution in [3.63, 3.8) is 0 Å². The Morgan fingerprint density at radius 2 is 2.19 bits per heavy atom. The second-order valence-electron chi connectivity index (χ2n) is 4.44. The molecule has 0 radical (unpaired) electrons. The predicted molar refractivity (Wildman–Crippen MR) is 69.9 cm³/mol. The number of carbonyl (C=O) groups is 1. The minimum atomic E-state index is 0.177. The molecule has 0 spiro atoms. The Morgan fingerprint density at radius 3 is 2.88 bits per heavy atom. The van der Waals surface area contributed by atoms with Crippen molar-refractivity contribution in [1.82, 2.24) is 15.1 Å². The van der Waals surface area contributed by atoms with Gasteiger partial charge in [0.05, 0.1) is 0 Å². The Hall–Kier alpha value is -0.260. The Bertz CT molecular complexity index is 225. The number of piperazine rings is 1. The Labute approximate surface area is 103 Å². The number of hydrogen-bond donors (Lipinski definition) is 1. The van der Waals surface area contributed by atoms with E-state index in [1.807, 2.05) is 6.26 Å². The fourth-order valence-corrected chi connectivity index (χ4v) is 2.23. The fourth-order valence-electron chi connectivity index (χ4n) is 1.84. The molecular weight excluding hydrogens is 222 g/mol. The molecule has 1 N–H and O–H groups in total. The maximum absolute atomic E-state index is 11.5. The monoisotopic (exact) mass is 245 g/mol. The van der Waals surface area contributed by atoms with E-state index >= 15 is 0 Å². The summed E-state index contributed by atoms with van der Waals surface area (Å²) in [5.41, 5.74) is 0. The zero-order chi connectivity index (χ0) is 12.0. The lowest BCUT2D eigenvalue weighted by atomic mass is 10.2. The molecule has 0 aliphatic carbocycles. The van der Waals surface area contributed by atoms with E-state index in [2.05, 4.69) is 29.2 Å². The van der Waals surface area contributed by atoms with E-state index in [1.165, 1.54) is 0 Å². The second-order valence-corrected chi connectivity index (χ2v) is 5.43. The highest BCUT2D eigenvalue weighted by atomic mass is 32.2. The molecule has 16 heavy (non-hydrogen) atoms. The molecule has 1 heterocycles. The van der Waals surface area contributed by atoms with Gasteiger partial charge in [-0.15, -0.1) is 0 Å². The van der Waals surface area contributed by atoms with Crippen molar-refractivity contribution in [2.75, 3.05) is 52.3 Å². The first-order chi connectivity index (χ1) is 7.63. The molecule has 0 aromatic heterocycles. The van der Waals surface area contributed by atoms with Crippen molar-refractivity contribution in [3.05, 3.63) is 0 Å². The van der Waals surface area contributed by atoms with Gasteiger partial charge in [0, 0.05) is 44.4 Å². The van der Waals surface area contributed by atoms with Gasteiger partial charge in [0.15, 0.2) is 0 Å². The molecular formula is C11H23N3OS. The van der Waals surface area contributed by atoms with Crippen LogP contribution in [-0.2, 0) is 4.79 Å². The van der Waals surface area contributed by atoms with Crippen molar-refractivity contribution < 1.29 is 4.79 Å². The quantitative estimate of drug-likeness (QED) is 0.745. The standard InChI is InChI=1S/C11H23N3OS/c1-13-5-6-14(2)10(9-13)8-12-11(15)4-7-16-3/h10H,4-9H2,1-3H3,(H,12,15). The van der Waals surface area contributed by atoms with Gasteiger partial charge in [-0.05, 0) is 20.4 Å². The van der Waals surface area contributed by atoms with Crippen LogP contribution in [0.15, 0.2) is 0 Å². The normalized spacial score (nSPS) is 23.3. The molecule has 5 heteroatoms. The van der Waals surface area contributed by atoms with Gasteiger partial charge in [-0.1, -0.05) is 0 Å². The number of likely N-dealkylation sites (N-methyl/N-ethyl adjacent to an activating group) is 2.